The molecular weight excluding hydrogens is 443 g/mol. The Morgan fingerprint density at radius 2 is 2.16 bits per heavy atom. The minimum atomic E-state index is -4.46. The van der Waals surface area contributed by atoms with Crippen molar-refractivity contribution in [3.63, 3.8) is 0 Å². The second-order valence-electron chi connectivity index (χ2n) is 8.21. The number of alkyl halides is 3. The highest BCUT2D eigenvalue weighted by molar-refractivity contribution is 7.09. The second-order valence-corrected chi connectivity index (χ2v) is 8.94. The van der Waals surface area contributed by atoms with Gasteiger partial charge in [0.1, 0.15) is 5.82 Å². The summed E-state index contributed by atoms with van der Waals surface area (Å²) in [7, 11) is 1.95. The van der Waals surface area contributed by atoms with Crippen molar-refractivity contribution in [3.05, 3.63) is 35.9 Å². The number of pyridine rings is 1. The summed E-state index contributed by atoms with van der Waals surface area (Å²) in [6, 6.07) is 3.12. The van der Waals surface area contributed by atoms with Gasteiger partial charge in [0, 0.05) is 31.0 Å². The number of aryl methyl sites for hydroxylation is 1. The Labute approximate surface area is 186 Å². The van der Waals surface area contributed by atoms with Crippen LogP contribution in [0.3, 0.4) is 0 Å². The zero-order valence-electron chi connectivity index (χ0n) is 17.7. The number of halogens is 3. The predicted molar refractivity (Wildman–Crippen MR) is 114 cm³/mol. The SMILES string of the molecule is Cc1nsc(N(C)/C=C2\C3CCC3[C@H]2Nc2nc3c(OC(C)C(F)(F)F)cccn3n2)n1. The van der Waals surface area contributed by atoms with Gasteiger partial charge < -0.3 is 15.0 Å². The van der Waals surface area contributed by atoms with Crippen LogP contribution in [-0.4, -0.2) is 49.3 Å². The third-order valence-corrected chi connectivity index (χ3v) is 6.98. The molecule has 8 nitrogen and oxygen atoms in total. The number of nitrogens with one attached hydrogen (secondary N) is 1. The molecule has 0 radical (unpaired) electrons. The van der Waals surface area contributed by atoms with Crippen LogP contribution in [0.25, 0.3) is 5.65 Å². The van der Waals surface area contributed by atoms with E-state index in [4.69, 9.17) is 4.74 Å². The van der Waals surface area contributed by atoms with Gasteiger partial charge in [-0.2, -0.15) is 22.5 Å². The summed E-state index contributed by atoms with van der Waals surface area (Å²) in [4.78, 5) is 10.8. The standard InChI is InChI=1S/C20H22F3N7OS/c1-10(20(21,22)23)31-15-5-4-8-30-17(15)26-18(27-30)25-16-13-7-6-12(13)14(16)9-29(3)19-24-11(2)28-32-19/h4-5,8-10,12-13,16H,6-7H2,1-3H3,(H,25,27)/b14-9+/t10?,12?,13?,16-/m1/s1. The average Bonchev–Trinajstić information content (AvgIpc) is 3.32. The van der Waals surface area contributed by atoms with Gasteiger partial charge >= 0.3 is 6.18 Å². The van der Waals surface area contributed by atoms with Crippen LogP contribution in [0.1, 0.15) is 25.6 Å². The van der Waals surface area contributed by atoms with Crippen LogP contribution in [0.15, 0.2) is 30.1 Å². The highest BCUT2D eigenvalue weighted by Gasteiger charge is 2.52. The highest BCUT2D eigenvalue weighted by Crippen LogP contribution is 2.55. The van der Waals surface area contributed by atoms with Crippen LogP contribution < -0.4 is 15.0 Å². The summed E-state index contributed by atoms with van der Waals surface area (Å²) in [6.07, 6.45) is -0.425. The molecule has 3 heterocycles. The number of hydrogen-bond acceptors (Lipinski definition) is 8. The molecule has 2 aliphatic rings. The summed E-state index contributed by atoms with van der Waals surface area (Å²) < 4.78 is 49.6. The molecule has 0 aromatic carbocycles. The van der Waals surface area contributed by atoms with E-state index in [1.165, 1.54) is 27.7 Å². The molecule has 32 heavy (non-hydrogen) atoms. The average molecular weight is 466 g/mol. The first kappa shape index (κ1) is 21.0. The van der Waals surface area contributed by atoms with Gasteiger partial charge in [-0.25, -0.2) is 9.50 Å². The van der Waals surface area contributed by atoms with Crippen molar-refractivity contribution in [2.75, 3.05) is 17.3 Å². The summed E-state index contributed by atoms with van der Waals surface area (Å²) in [5.41, 5.74) is 1.49. The second kappa shape index (κ2) is 7.61. The quantitative estimate of drug-likeness (QED) is 0.588. The van der Waals surface area contributed by atoms with Crippen molar-refractivity contribution in [1.82, 2.24) is 24.0 Å². The molecule has 4 atom stereocenters. The van der Waals surface area contributed by atoms with E-state index in [-0.39, 0.29) is 17.4 Å². The fourth-order valence-electron chi connectivity index (χ4n) is 4.20. The Kier molecular flexibility index (Phi) is 4.99. The van der Waals surface area contributed by atoms with Gasteiger partial charge in [-0.15, -0.1) is 5.10 Å². The lowest BCUT2D eigenvalue weighted by atomic mass is 9.53. The van der Waals surface area contributed by atoms with Gasteiger partial charge in [0.05, 0.1) is 6.04 Å². The lowest BCUT2D eigenvalue weighted by molar-refractivity contribution is -0.189. The van der Waals surface area contributed by atoms with E-state index in [1.807, 2.05) is 18.9 Å². The molecule has 0 amide bonds. The topological polar surface area (TPSA) is 80.5 Å². The van der Waals surface area contributed by atoms with Crippen molar-refractivity contribution < 1.29 is 17.9 Å². The Bertz CT molecular complexity index is 1170. The molecule has 0 saturated heterocycles. The van der Waals surface area contributed by atoms with Gasteiger partial charge in [0.15, 0.2) is 17.5 Å². The number of fused-ring (bicyclic) bond motifs is 2. The summed E-state index contributed by atoms with van der Waals surface area (Å²) in [6.45, 7) is 2.83. The van der Waals surface area contributed by atoms with Crippen LogP contribution in [0.5, 0.6) is 5.75 Å². The van der Waals surface area contributed by atoms with E-state index in [0.29, 0.717) is 17.8 Å². The maximum atomic E-state index is 12.9. The zero-order chi connectivity index (χ0) is 22.6. The molecule has 5 rings (SSSR count). The van der Waals surface area contributed by atoms with Gasteiger partial charge in [-0.3, -0.25) is 0 Å². The molecule has 12 heteroatoms. The van der Waals surface area contributed by atoms with Crippen LogP contribution in [0, 0.1) is 18.8 Å². The summed E-state index contributed by atoms with van der Waals surface area (Å²) in [5, 5.41) is 8.59. The van der Waals surface area contributed by atoms with Crippen LogP contribution >= 0.6 is 11.5 Å². The number of aromatic nitrogens is 5. The Morgan fingerprint density at radius 3 is 2.81 bits per heavy atom. The van der Waals surface area contributed by atoms with Crippen molar-refractivity contribution in [3.8, 4) is 5.75 Å². The maximum absolute atomic E-state index is 12.9. The first-order chi connectivity index (χ1) is 15.2. The summed E-state index contributed by atoms with van der Waals surface area (Å²) >= 11 is 1.35. The largest absolute Gasteiger partial charge is 0.477 e. The smallest absolute Gasteiger partial charge is 0.425 e. The van der Waals surface area contributed by atoms with Crippen LogP contribution in [-0.2, 0) is 0 Å². The first-order valence-electron chi connectivity index (χ1n) is 10.3. The van der Waals surface area contributed by atoms with Crippen molar-refractivity contribution in [1.29, 1.82) is 0 Å². The number of rotatable bonds is 6. The third kappa shape index (κ3) is 3.65. The lowest BCUT2D eigenvalue weighted by Gasteiger charge is -2.55. The minimum absolute atomic E-state index is 0.0372. The fourth-order valence-corrected chi connectivity index (χ4v) is 4.81. The summed E-state index contributed by atoms with van der Waals surface area (Å²) in [5.74, 6) is 2.16. The van der Waals surface area contributed by atoms with Gasteiger partial charge in [-0.1, -0.05) is 0 Å². The lowest BCUT2D eigenvalue weighted by Crippen LogP contribution is -2.55. The van der Waals surface area contributed by atoms with Gasteiger partial charge in [-0.05, 0) is 56.2 Å². The van der Waals surface area contributed by atoms with Crippen molar-refractivity contribution in [2.24, 2.45) is 11.8 Å². The number of hydrogen-bond donors (Lipinski definition) is 1. The Hall–Kier alpha value is -2.89. The Balaban J connectivity index is 1.37. The molecule has 0 aliphatic heterocycles. The monoisotopic (exact) mass is 465 g/mol. The molecule has 0 spiro atoms. The molecule has 0 bridgehead atoms. The minimum Gasteiger partial charge on any atom is -0.477 e. The molecule has 2 fully saturated rings. The third-order valence-electron chi connectivity index (χ3n) is 6.08. The molecule has 1 N–H and O–H groups in total. The van der Waals surface area contributed by atoms with Gasteiger partial charge in [0.2, 0.25) is 11.1 Å². The molecular formula is C20H22F3N7OS. The van der Waals surface area contributed by atoms with E-state index >= 15 is 0 Å². The van der Waals surface area contributed by atoms with E-state index < -0.39 is 12.3 Å². The van der Waals surface area contributed by atoms with Crippen LogP contribution in [0.2, 0.25) is 0 Å². The predicted octanol–water partition coefficient (Wildman–Crippen LogP) is 4.06. The highest BCUT2D eigenvalue weighted by atomic mass is 32.1. The van der Waals surface area contributed by atoms with E-state index in [0.717, 1.165) is 30.7 Å². The van der Waals surface area contributed by atoms with Gasteiger partial charge in [0.25, 0.3) is 0 Å². The molecule has 3 aromatic rings. The van der Waals surface area contributed by atoms with E-state index in [9.17, 15) is 13.2 Å². The van der Waals surface area contributed by atoms with Crippen LogP contribution in [0.4, 0.5) is 24.3 Å². The maximum Gasteiger partial charge on any atom is 0.425 e. The number of ether oxygens (including phenoxy) is 1. The molecule has 2 aliphatic carbocycles. The molecule has 170 valence electrons. The Morgan fingerprint density at radius 1 is 1.34 bits per heavy atom. The van der Waals surface area contributed by atoms with E-state index in [1.54, 1.807) is 12.3 Å². The number of anilines is 2. The first-order valence-corrected chi connectivity index (χ1v) is 11.1. The molecule has 2 saturated carbocycles. The van der Waals surface area contributed by atoms with Crippen molar-refractivity contribution in [2.45, 2.75) is 45.0 Å². The zero-order valence-corrected chi connectivity index (χ0v) is 18.5. The fraction of sp³-hybridized carbons (Fsp3) is 0.500. The van der Waals surface area contributed by atoms with Crippen molar-refractivity contribution >= 4 is 28.3 Å². The normalized spacial score (nSPS) is 24.6. The number of nitrogens with zero attached hydrogens (tertiary/aromatic N) is 6. The van der Waals surface area contributed by atoms with E-state index in [2.05, 4.69) is 31.0 Å². The molecule has 3 aromatic heterocycles. The molecule has 3 unspecified atom stereocenters.